The molecule has 0 amide bonds. The third-order valence-electron chi connectivity index (χ3n) is 4.76. The minimum Gasteiger partial charge on any atom is -0.379 e. The fourth-order valence-corrected chi connectivity index (χ4v) is 3.51. The average molecular weight is 259 g/mol. The van der Waals surface area contributed by atoms with Crippen LogP contribution in [0, 0.1) is 0 Å². The van der Waals surface area contributed by atoms with Gasteiger partial charge >= 0.3 is 0 Å². The summed E-state index contributed by atoms with van der Waals surface area (Å²) in [5.41, 5.74) is 3.17. The zero-order chi connectivity index (χ0) is 13.1. The summed E-state index contributed by atoms with van der Waals surface area (Å²) in [5, 5.41) is 3.72. The standard InChI is InChI=1S/C17H25NO/c1-2-5-14-7-9-15(10-8-14)17(12-19-13-17)16-6-3-4-11-18-16/h7-10,16,18H,2-6,11-13H2,1H3. The molecule has 1 aromatic rings. The first-order chi connectivity index (χ1) is 9.35. The summed E-state index contributed by atoms with van der Waals surface area (Å²) < 4.78 is 5.58. The zero-order valence-electron chi connectivity index (χ0n) is 12.0. The summed E-state index contributed by atoms with van der Waals surface area (Å²) in [6.45, 7) is 5.18. The Hall–Kier alpha value is -0.860. The number of hydrogen-bond donors (Lipinski definition) is 1. The number of piperidine rings is 1. The van der Waals surface area contributed by atoms with Gasteiger partial charge < -0.3 is 10.1 Å². The van der Waals surface area contributed by atoms with E-state index >= 15 is 0 Å². The molecule has 0 saturated carbocycles. The number of rotatable bonds is 4. The molecule has 0 aliphatic carbocycles. The monoisotopic (exact) mass is 259 g/mol. The summed E-state index contributed by atoms with van der Waals surface area (Å²) in [7, 11) is 0. The Kier molecular flexibility index (Phi) is 3.90. The third kappa shape index (κ3) is 2.44. The van der Waals surface area contributed by atoms with Crippen molar-refractivity contribution in [2.75, 3.05) is 19.8 Å². The van der Waals surface area contributed by atoms with Gasteiger partial charge in [0.1, 0.15) is 0 Å². The van der Waals surface area contributed by atoms with E-state index in [1.807, 2.05) is 0 Å². The molecule has 0 aromatic heterocycles. The van der Waals surface area contributed by atoms with Gasteiger partial charge in [-0.1, -0.05) is 44.0 Å². The highest BCUT2D eigenvalue weighted by molar-refractivity contribution is 5.33. The topological polar surface area (TPSA) is 21.3 Å². The highest BCUT2D eigenvalue weighted by Crippen LogP contribution is 2.38. The summed E-state index contributed by atoms with van der Waals surface area (Å²) in [6, 6.07) is 9.89. The van der Waals surface area contributed by atoms with Gasteiger partial charge in [0.25, 0.3) is 0 Å². The second-order valence-electron chi connectivity index (χ2n) is 6.10. The van der Waals surface area contributed by atoms with E-state index in [4.69, 9.17) is 4.74 Å². The number of aryl methyl sites for hydroxylation is 1. The Balaban J connectivity index is 1.80. The predicted octanol–water partition coefficient (Wildman–Crippen LogP) is 3.05. The first kappa shape index (κ1) is 13.1. The Bertz CT molecular complexity index is 402. The number of nitrogens with one attached hydrogen (secondary N) is 1. The van der Waals surface area contributed by atoms with Crippen LogP contribution in [0.5, 0.6) is 0 Å². The van der Waals surface area contributed by atoms with E-state index in [1.165, 1.54) is 49.8 Å². The molecule has 1 atom stereocenters. The summed E-state index contributed by atoms with van der Waals surface area (Å²) >= 11 is 0. The van der Waals surface area contributed by atoms with E-state index in [0.717, 1.165) is 13.2 Å². The molecule has 0 spiro atoms. The maximum absolute atomic E-state index is 5.58. The molecule has 2 saturated heterocycles. The van der Waals surface area contributed by atoms with Crippen molar-refractivity contribution in [1.29, 1.82) is 0 Å². The van der Waals surface area contributed by atoms with Crippen molar-refractivity contribution >= 4 is 0 Å². The quantitative estimate of drug-likeness (QED) is 0.897. The summed E-state index contributed by atoms with van der Waals surface area (Å²) in [4.78, 5) is 0. The van der Waals surface area contributed by atoms with Crippen molar-refractivity contribution in [2.24, 2.45) is 0 Å². The van der Waals surface area contributed by atoms with E-state index < -0.39 is 0 Å². The number of benzene rings is 1. The molecular formula is C17H25NO. The molecule has 0 radical (unpaired) electrons. The Labute approximate surface area is 116 Å². The van der Waals surface area contributed by atoms with Crippen LogP contribution in [0.3, 0.4) is 0 Å². The SMILES string of the molecule is CCCc1ccc(C2(C3CCCCN3)COC2)cc1. The van der Waals surface area contributed by atoms with Crippen LogP contribution < -0.4 is 5.32 Å². The van der Waals surface area contributed by atoms with Gasteiger partial charge in [-0.3, -0.25) is 0 Å². The van der Waals surface area contributed by atoms with Crippen molar-refractivity contribution < 1.29 is 4.74 Å². The summed E-state index contributed by atoms with van der Waals surface area (Å²) in [5.74, 6) is 0. The first-order valence-corrected chi connectivity index (χ1v) is 7.76. The Morgan fingerprint density at radius 3 is 2.53 bits per heavy atom. The molecule has 1 unspecified atom stereocenters. The van der Waals surface area contributed by atoms with E-state index in [-0.39, 0.29) is 5.41 Å². The molecule has 0 bridgehead atoms. The van der Waals surface area contributed by atoms with Crippen LogP contribution in [0.15, 0.2) is 24.3 Å². The average Bonchev–Trinajstić information content (AvgIpc) is 2.41. The molecule has 2 aliphatic heterocycles. The molecular weight excluding hydrogens is 234 g/mol. The molecule has 1 N–H and O–H groups in total. The van der Waals surface area contributed by atoms with Gasteiger partial charge in [0.05, 0.1) is 18.6 Å². The van der Waals surface area contributed by atoms with Crippen LogP contribution in [0.25, 0.3) is 0 Å². The summed E-state index contributed by atoms with van der Waals surface area (Å²) in [6.07, 6.45) is 6.37. The molecule has 2 heteroatoms. The minimum absolute atomic E-state index is 0.241. The van der Waals surface area contributed by atoms with Gasteiger partial charge in [-0.05, 0) is 36.9 Å². The van der Waals surface area contributed by atoms with Crippen LogP contribution in [0.1, 0.15) is 43.7 Å². The molecule has 2 nitrogen and oxygen atoms in total. The van der Waals surface area contributed by atoms with Crippen LogP contribution in [-0.2, 0) is 16.6 Å². The molecule has 1 aromatic carbocycles. The zero-order valence-corrected chi connectivity index (χ0v) is 12.0. The fraction of sp³-hybridized carbons (Fsp3) is 0.647. The van der Waals surface area contributed by atoms with Gasteiger partial charge in [-0.25, -0.2) is 0 Å². The lowest BCUT2D eigenvalue weighted by molar-refractivity contribution is -0.0827. The maximum atomic E-state index is 5.58. The molecule has 2 heterocycles. The van der Waals surface area contributed by atoms with Crippen LogP contribution in [0.2, 0.25) is 0 Å². The van der Waals surface area contributed by atoms with Crippen molar-refractivity contribution in [3.05, 3.63) is 35.4 Å². The lowest BCUT2D eigenvalue weighted by Crippen LogP contribution is -2.61. The van der Waals surface area contributed by atoms with Gasteiger partial charge in [0.2, 0.25) is 0 Å². The van der Waals surface area contributed by atoms with Gasteiger partial charge in [0.15, 0.2) is 0 Å². The van der Waals surface area contributed by atoms with E-state index in [2.05, 4.69) is 36.5 Å². The normalized spacial score (nSPS) is 25.8. The van der Waals surface area contributed by atoms with Gasteiger partial charge in [-0.15, -0.1) is 0 Å². The highest BCUT2D eigenvalue weighted by Gasteiger charge is 2.47. The number of ether oxygens (including phenoxy) is 1. The van der Waals surface area contributed by atoms with Crippen molar-refractivity contribution in [3.8, 4) is 0 Å². The minimum atomic E-state index is 0.241. The van der Waals surface area contributed by atoms with Crippen LogP contribution >= 0.6 is 0 Å². The second-order valence-corrected chi connectivity index (χ2v) is 6.10. The molecule has 3 rings (SSSR count). The smallest absolute Gasteiger partial charge is 0.0600 e. The lowest BCUT2D eigenvalue weighted by atomic mass is 9.70. The van der Waals surface area contributed by atoms with Crippen molar-refractivity contribution in [1.82, 2.24) is 5.32 Å². The van der Waals surface area contributed by atoms with E-state index in [9.17, 15) is 0 Å². The van der Waals surface area contributed by atoms with E-state index in [0.29, 0.717) is 6.04 Å². The fourth-order valence-electron chi connectivity index (χ4n) is 3.51. The number of hydrogen-bond acceptors (Lipinski definition) is 2. The van der Waals surface area contributed by atoms with E-state index in [1.54, 1.807) is 0 Å². The van der Waals surface area contributed by atoms with Crippen molar-refractivity contribution in [2.45, 2.75) is 50.5 Å². The van der Waals surface area contributed by atoms with Crippen molar-refractivity contribution in [3.63, 3.8) is 0 Å². The largest absolute Gasteiger partial charge is 0.379 e. The molecule has 2 fully saturated rings. The van der Waals surface area contributed by atoms with Gasteiger partial charge in [-0.2, -0.15) is 0 Å². The van der Waals surface area contributed by atoms with Crippen LogP contribution in [-0.4, -0.2) is 25.8 Å². The Morgan fingerprint density at radius 1 is 1.21 bits per heavy atom. The molecule has 104 valence electrons. The maximum Gasteiger partial charge on any atom is 0.0600 e. The van der Waals surface area contributed by atoms with Crippen LogP contribution in [0.4, 0.5) is 0 Å². The second kappa shape index (κ2) is 5.64. The predicted molar refractivity (Wildman–Crippen MR) is 78.6 cm³/mol. The molecule has 2 aliphatic rings. The highest BCUT2D eigenvalue weighted by atomic mass is 16.5. The van der Waals surface area contributed by atoms with Gasteiger partial charge in [0, 0.05) is 6.04 Å². The third-order valence-corrected chi connectivity index (χ3v) is 4.76. The Morgan fingerprint density at radius 2 is 2.00 bits per heavy atom. The first-order valence-electron chi connectivity index (χ1n) is 7.76. The lowest BCUT2D eigenvalue weighted by Gasteiger charge is -2.49. The molecule has 19 heavy (non-hydrogen) atoms.